The molecule has 0 saturated heterocycles. The number of hydrogen-bond acceptors (Lipinski definition) is 7. The molecule has 23 heavy (non-hydrogen) atoms. The molecule has 5 N–H and O–H groups in total. The number of nitrogens with two attached hydrogens (primary N) is 1. The maximum atomic E-state index is 11.8. The molecule has 0 spiro atoms. The number of aliphatic hydroxyl groups is 2. The molecule has 2 aliphatic carbocycles. The van der Waals surface area contributed by atoms with Crippen LogP contribution in [0, 0.1) is 11.3 Å². The van der Waals surface area contributed by atoms with E-state index < -0.39 is 31.0 Å². The molecule has 0 aliphatic heterocycles. The van der Waals surface area contributed by atoms with E-state index in [0.717, 1.165) is 0 Å². The lowest BCUT2D eigenvalue weighted by molar-refractivity contribution is -0.0133. The summed E-state index contributed by atoms with van der Waals surface area (Å²) >= 11 is 0. The summed E-state index contributed by atoms with van der Waals surface area (Å²) in [4.78, 5) is 21.9. The molecule has 2 aromatic rings. The first-order valence-electron chi connectivity index (χ1n) is 7.33. The third-order valence-electron chi connectivity index (χ3n) is 5.15. The number of rotatable bonds is 3. The Bertz CT molecular complexity index is 835. The average molecular weight is 339 g/mol. The van der Waals surface area contributed by atoms with Crippen LogP contribution in [0.15, 0.2) is 12.7 Å². The molecule has 124 valence electrons. The molecule has 0 aromatic carbocycles. The molecule has 0 radical (unpaired) electrons. The average Bonchev–Trinajstić information content (AvgIpc) is 2.89. The zero-order valence-corrected chi connectivity index (χ0v) is 13.3. The first-order chi connectivity index (χ1) is 10.7. The highest BCUT2D eigenvalue weighted by atomic mass is 31.2. The van der Waals surface area contributed by atoms with Gasteiger partial charge < -0.3 is 25.4 Å². The van der Waals surface area contributed by atoms with Gasteiger partial charge in [0.05, 0.1) is 18.5 Å². The zero-order chi connectivity index (χ0) is 16.6. The Hall–Kier alpha value is -1.54. The Kier molecular flexibility index (Phi) is 2.94. The summed E-state index contributed by atoms with van der Waals surface area (Å²) in [6.45, 7) is 1.28. The molecular weight excluding hydrogens is 321 g/mol. The Morgan fingerprint density at radius 3 is 2.87 bits per heavy atom. The summed E-state index contributed by atoms with van der Waals surface area (Å²) in [6.07, 6.45) is 1.35. The lowest BCUT2D eigenvalue weighted by Crippen LogP contribution is -2.35. The van der Waals surface area contributed by atoms with Crippen molar-refractivity contribution in [2.24, 2.45) is 11.3 Å². The predicted molar refractivity (Wildman–Crippen MR) is 81.9 cm³/mol. The molecule has 10 heteroatoms. The molecule has 0 bridgehead atoms. The number of aliphatic hydroxyl groups excluding tert-OH is 2. The van der Waals surface area contributed by atoms with Crippen LogP contribution in [-0.2, 0) is 4.57 Å². The van der Waals surface area contributed by atoms with Gasteiger partial charge in [-0.1, -0.05) is 0 Å². The van der Waals surface area contributed by atoms with Crippen LogP contribution < -0.4 is 5.73 Å². The van der Waals surface area contributed by atoms with E-state index in [0.29, 0.717) is 17.6 Å². The normalized spacial score (nSPS) is 38.4. The predicted octanol–water partition coefficient (Wildman–Crippen LogP) is -0.409. The minimum atomic E-state index is -3.30. The number of fused-ring (bicyclic) bond motifs is 2. The first-order valence-corrected chi connectivity index (χ1v) is 9.62. The van der Waals surface area contributed by atoms with Crippen LogP contribution >= 0.6 is 7.37 Å². The number of nitrogens with zero attached hydrogens (tertiary/aromatic N) is 4. The van der Waals surface area contributed by atoms with Crippen LogP contribution in [0.2, 0.25) is 0 Å². The third kappa shape index (κ3) is 2.04. The lowest BCUT2D eigenvalue weighted by Gasteiger charge is -2.24. The Morgan fingerprint density at radius 1 is 1.43 bits per heavy atom. The van der Waals surface area contributed by atoms with Crippen molar-refractivity contribution in [1.29, 1.82) is 0 Å². The largest absolute Gasteiger partial charge is 0.390 e. The smallest absolute Gasteiger partial charge is 0.198 e. The molecule has 0 amide bonds. The van der Waals surface area contributed by atoms with Gasteiger partial charge in [-0.3, -0.25) is 4.57 Å². The van der Waals surface area contributed by atoms with Crippen LogP contribution in [0.3, 0.4) is 0 Å². The molecule has 2 fully saturated rings. The lowest BCUT2D eigenvalue weighted by atomic mass is 10.0. The summed E-state index contributed by atoms with van der Waals surface area (Å²) in [6, 6.07) is -0.448. The molecule has 2 aliphatic rings. The number of hydrogen-bond donors (Lipinski definition) is 4. The van der Waals surface area contributed by atoms with E-state index in [1.807, 2.05) is 0 Å². The van der Waals surface area contributed by atoms with Crippen molar-refractivity contribution < 1.29 is 19.7 Å². The van der Waals surface area contributed by atoms with E-state index in [-0.39, 0.29) is 17.9 Å². The van der Waals surface area contributed by atoms with E-state index in [1.165, 1.54) is 19.3 Å². The Balaban J connectivity index is 1.76. The van der Waals surface area contributed by atoms with Gasteiger partial charge in [0.1, 0.15) is 17.9 Å². The van der Waals surface area contributed by atoms with Gasteiger partial charge in [0, 0.05) is 18.2 Å². The highest BCUT2D eigenvalue weighted by Gasteiger charge is 2.72. The van der Waals surface area contributed by atoms with Gasteiger partial charge in [-0.2, -0.15) is 0 Å². The van der Waals surface area contributed by atoms with E-state index in [2.05, 4.69) is 15.0 Å². The number of aromatic nitrogens is 4. The van der Waals surface area contributed by atoms with Crippen molar-refractivity contribution in [3.8, 4) is 0 Å². The zero-order valence-electron chi connectivity index (χ0n) is 12.4. The van der Waals surface area contributed by atoms with Gasteiger partial charge in [0.25, 0.3) is 0 Å². The highest BCUT2D eigenvalue weighted by Crippen LogP contribution is 2.71. The van der Waals surface area contributed by atoms with Gasteiger partial charge in [0.2, 0.25) is 0 Å². The van der Waals surface area contributed by atoms with Crippen molar-refractivity contribution in [2.75, 3.05) is 18.6 Å². The van der Waals surface area contributed by atoms with Crippen molar-refractivity contribution in [2.45, 2.75) is 24.7 Å². The number of imidazole rings is 1. The van der Waals surface area contributed by atoms with E-state index in [1.54, 1.807) is 4.57 Å². The van der Waals surface area contributed by atoms with Crippen molar-refractivity contribution >= 4 is 24.4 Å². The maximum absolute atomic E-state index is 11.8. The minimum Gasteiger partial charge on any atom is -0.390 e. The third-order valence-corrected chi connectivity index (χ3v) is 6.32. The maximum Gasteiger partial charge on any atom is 0.198 e. The van der Waals surface area contributed by atoms with Crippen LogP contribution in [0.4, 0.5) is 5.82 Å². The summed E-state index contributed by atoms with van der Waals surface area (Å²) in [7, 11) is -3.30. The van der Waals surface area contributed by atoms with Crippen molar-refractivity contribution in [3.05, 3.63) is 12.7 Å². The standard InChI is InChI=1S/C13H18N5O4P/c1-23(21,22)3-13-2-6(13)8(9(19)10(13)20)18-5-17-7-11(14)15-4-16-12(7)18/h4-6,8-10,19-20H,2-3H2,1H3,(H,21,22)(H2,14,15,16)/t6-,8-,9+,10+,13+/m1/s1. The molecule has 2 heterocycles. The fourth-order valence-corrected chi connectivity index (χ4v) is 5.83. The Morgan fingerprint density at radius 2 is 2.17 bits per heavy atom. The molecule has 1 unspecified atom stereocenters. The van der Waals surface area contributed by atoms with Gasteiger partial charge >= 0.3 is 0 Å². The van der Waals surface area contributed by atoms with Crippen LogP contribution in [-0.4, -0.2) is 59.7 Å². The van der Waals surface area contributed by atoms with Crippen molar-refractivity contribution in [3.63, 3.8) is 0 Å². The van der Waals surface area contributed by atoms with Crippen LogP contribution in [0.25, 0.3) is 11.2 Å². The molecular formula is C13H18N5O4P. The second-order valence-electron chi connectivity index (χ2n) is 6.76. The summed E-state index contributed by atoms with van der Waals surface area (Å²) < 4.78 is 13.5. The van der Waals surface area contributed by atoms with Crippen molar-refractivity contribution in [1.82, 2.24) is 19.5 Å². The fraction of sp³-hybridized carbons (Fsp3) is 0.615. The fourth-order valence-electron chi connectivity index (χ4n) is 4.18. The van der Waals surface area contributed by atoms with E-state index >= 15 is 0 Å². The number of nitrogen functional groups attached to an aromatic ring is 1. The van der Waals surface area contributed by atoms with E-state index in [4.69, 9.17) is 5.73 Å². The van der Waals surface area contributed by atoms with Gasteiger partial charge in [-0.25, -0.2) is 15.0 Å². The highest BCUT2D eigenvalue weighted by molar-refractivity contribution is 7.57. The summed E-state index contributed by atoms with van der Waals surface area (Å²) in [5, 5.41) is 20.9. The quantitative estimate of drug-likeness (QED) is 0.552. The van der Waals surface area contributed by atoms with Crippen LogP contribution in [0.1, 0.15) is 12.5 Å². The molecule has 2 aromatic heterocycles. The minimum absolute atomic E-state index is 0.00312. The first kappa shape index (κ1) is 15.0. The molecule has 2 saturated carbocycles. The molecule has 6 atom stereocenters. The molecule has 9 nitrogen and oxygen atoms in total. The summed E-state index contributed by atoms with van der Waals surface area (Å²) in [5.74, 6) is 0.152. The van der Waals surface area contributed by atoms with Gasteiger partial charge in [-0.05, 0) is 12.3 Å². The topological polar surface area (TPSA) is 147 Å². The van der Waals surface area contributed by atoms with E-state index in [9.17, 15) is 19.7 Å². The monoisotopic (exact) mass is 339 g/mol. The second-order valence-corrected chi connectivity index (χ2v) is 9.18. The number of anilines is 1. The Labute approximate surface area is 131 Å². The molecule has 4 rings (SSSR count). The summed E-state index contributed by atoms with van der Waals surface area (Å²) in [5.41, 5.74) is 5.99. The van der Waals surface area contributed by atoms with Crippen LogP contribution in [0.5, 0.6) is 0 Å². The van der Waals surface area contributed by atoms with Gasteiger partial charge in [0.15, 0.2) is 18.8 Å². The second kappa shape index (κ2) is 4.51. The van der Waals surface area contributed by atoms with Gasteiger partial charge in [-0.15, -0.1) is 0 Å². The SMILES string of the molecule is CP(=O)(O)C[C@@]12C[C@@H]1[C@@H](n1cnc3c(N)ncnc31)[C@H](O)[C@@H]2O.